The highest BCUT2D eigenvalue weighted by Gasteiger charge is 2.27. The Kier molecular flexibility index (Phi) is 8.92. The van der Waals surface area contributed by atoms with E-state index in [1.165, 1.54) is 0 Å². The van der Waals surface area contributed by atoms with Gasteiger partial charge in [-0.2, -0.15) is 0 Å². The predicted octanol–water partition coefficient (Wildman–Crippen LogP) is 3.16. The summed E-state index contributed by atoms with van der Waals surface area (Å²) in [5, 5.41) is 12.6. The normalized spacial score (nSPS) is 13.6. The molecule has 140 valence electrons. The topological polar surface area (TPSA) is 84.9 Å². The number of hydrogen-bond donors (Lipinski definition) is 2. The summed E-state index contributed by atoms with van der Waals surface area (Å²) in [7, 11) is 0. The molecular formula is C18H26BrNO5. The number of alkyl halides is 1. The number of carbonyl (C=O) groups is 2. The van der Waals surface area contributed by atoms with Crippen LogP contribution in [-0.4, -0.2) is 40.2 Å². The van der Waals surface area contributed by atoms with Crippen molar-refractivity contribution in [1.29, 1.82) is 0 Å². The molecule has 0 aliphatic carbocycles. The smallest absolute Gasteiger partial charge is 0.408 e. The molecule has 7 heteroatoms. The Hall–Kier alpha value is -1.60. The van der Waals surface area contributed by atoms with E-state index in [9.17, 15) is 14.7 Å². The lowest BCUT2D eigenvalue weighted by Gasteiger charge is -2.24. The lowest BCUT2D eigenvalue weighted by atomic mass is 10.1. The number of ether oxygens (including phenoxy) is 2. The number of aliphatic hydroxyl groups excluding tert-OH is 1. The van der Waals surface area contributed by atoms with Gasteiger partial charge in [-0.25, -0.2) is 9.59 Å². The van der Waals surface area contributed by atoms with Gasteiger partial charge in [0, 0.05) is 5.33 Å². The second kappa shape index (κ2) is 10.4. The van der Waals surface area contributed by atoms with Gasteiger partial charge in [-0.1, -0.05) is 46.3 Å². The number of hydrogen-bond acceptors (Lipinski definition) is 5. The van der Waals surface area contributed by atoms with Crippen LogP contribution in [0, 0.1) is 0 Å². The van der Waals surface area contributed by atoms with Crippen LogP contribution in [0.3, 0.4) is 0 Å². The molecule has 0 aromatic heterocycles. The second-order valence-corrected chi connectivity index (χ2v) is 7.33. The maximum Gasteiger partial charge on any atom is 0.408 e. The largest absolute Gasteiger partial charge is 0.458 e. The van der Waals surface area contributed by atoms with Gasteiger partial charge in [-0.3, -0.25) is 0 Å². The van der Waals surface area contributed by atoms with E-state index in [1.54, 1.807) is 20.8 Å². The Morgan fingerprint density at radius 1 is 1.20 bits per heavy atom. The van der Waals surface area contributed by atoms with Crippen molar-refractivity contribution < 1.29 is 24.2 Å². The summed E-state index contributed by atoms with van der Waals surface area (Å²) >= 11 is 3.17. The van der Waals surface area contributed by atoms with Crippen molar-refractivity contribution in [3.63, 3.8) is 0 Å². The highest BCUT2D eigenvalue weighted by Crippen LogP contribution is 2.12. The van der Waals surface area contributed by atoms with Crippen molar-refractivity contribution in [2.45, 2.75) is 58.0 Å². The predicted molar refractivity (Wildman–Crippen MR) is 98.4 cm³/mol. The first-order chi connectivity index (χ1) is 11.7. The van der Waals surface area contributed by atoms with Crippen LogP contribution in [0.15, 0.2) is 30.3 Å². The lowest BCUT2D eigenvalue weighted by Crippen LogP contribution is -2.44. The van der Waals surface area contributed by atoms with Crippen molar-refractivity contribution in [2.24, 2.45) is 0 Å². The summed E-state index contributed by atoms with van der Waals surface area (Å²) in [6.45, 7) is 5.37. The molecule has 0 bridgehead atoms. The molecule has 6 nitrogen and oxygen atoms in total. The fourth-order valence-electron chi connectivity index (χ4n) is 1.97. The number of amides is 1. The first kappa shape index (κ1) is 21.4. The first-order valence-electron chi connectivity index (χ1n) is 8.15. The highest BCUT2D eigenvalue weighted by molar-refractivity contribution is 9.09. The molecule has 1 aromatic rings. The molecule has 2 N–H and O–H groups in total. The Bertz CT molecular complexity index is 544. The Morgan fingerprint density at radius 2 is 1.84 bits per heavy atom. The molecule has 1 unspecified atom stereocenters. The lowest BCUT2D eigenvalue weighted by molar-refractivity contribution is -0.157. The van der Waals surface area contributed by atoms with E-state index in [0.29, 0.717) is 11.8 Å². The average molecular weight is 416 g/mol. The molecule has 0 saturated heterocycles. The summed E-state index contributed by atoms with van der Waals surface area (Å²) in [6.07, 6.45) is -0.712. The number of nitrogens with one attached hydrogen (secondary N) is 1. The van der Waals surface area contributed by atoms with Crippen molar-refractivity contribution in [1.82, 2.24) is 5.32 Å². The summed E-state index contributed by atoms with van der Waals surface area (Å²) in [5.74, 6) is -0.550. The fraction of sp³-hybridized carbons (Fsp3) is 0.556. The molecule has 1 rings (SSSR count). The zero-order valence-corrected chi connectivity index (χ0v) is 16.4. The summed E-state index contributed by atoms with van der Waals surface area (Å²) in [4.78, 5) is 24.3. The third-order valence-electron chi connectivity index (χ3n) is 3.16. The van der Waals surface area contributed by atoms with Gasteiger partial charge >= 0.3 is 12.1 Å². The van der Waals surface area contributed by atoms with Gasteiger partial charge in [0.25, 0.3) is 0 Å². The van der Waals surface area contributed by atoms with Crippen LogP contribution in [0.5, 0.6) is 0 Å². The molecule has 1 amide bonds. The van der Waals surface area contributed by atoms with Crippen molar-refractivity contribution in [3.8, 4) is 0 Å². The van der Waals surface area contributed by atoms with Gasteiger partial charge in [0.1, 0.15) is 18.2 Å². The Balaban J connectivity index is 2.60. The molecule has 0 aliphatic heterocycles. The summed E-state index contributed by atoms with van der Waals surface area (Å²) < 4.78 is 10.5. The molecule has 1 aromatic carbocycles. The molecule has 0 aliphatic rings. The van der Waals surface area contributed by atoms with Gasteiger partial charge in [0.15, 0.2) is 0 Å². The molecule has 0 spiro atoms. The second-order valence-electron chi connectivity index (χ2n) is 6.68. The van der Waals surface area contributed by atoms with Gasteiger partial charge < -0.3 is 19.9 Å². The van der Waals surface area contributed by atoms with Gasteiger partial charge in [0.2, 0.25) is 0 Å². The van der Waals surface area contributed by atoms with Crippen molar-refractivity contribution in [3.05, 3.63) is 35.9 Å². The number of aliphatic hydroxyl groups is 1. The minimum Gasteiger partial charge on any atom is -0.458 e. The Labute approximate surface area is 157 Å². The number of esters is 1. The van der Waals surface area contributed by atoms with Crippen LogP contribution in [0.25, 0.3) is 0 Å². The van der Waals surface area contributed by atoms with E-state index in [4.69, 9.17) is 9.47 Å². The minimum absolute atomic E-state index is 0.109. The van der Waals surface area contributed by atoms with Crippen LogP contribution in [0.4, 0.5) is 4.79 Å². The molecule has 2 atom stereocenters. The summed E-state index contributed by atoms with van der Waals surface area (Å²) in [5.41, 5.74) is 0.181. The van der Waals surface area contributed by atoms with E-state index in [1.807, 2.05) is 30.3 Å². The van der Waals surface area contributed by atoms with Crippen molar-refractivity contribution in [2.75, 3.05) is 5.33 Å². The zero-order valence-electron chi connectivity index (χ0n) is 14.8. The van der Waals surface area contributed by atoms with Crippen LogP contribution < -0.4 is 5.32 Å². The zero-order chi connectivity index (χ0) is 18.9. The minimum atomic E-state index is -0.879. The van der Waals surface area contributed by atoms with E-state index in [2.05, 4.69) is 21.2 Å². The number of carbonyl (C=O) groups excluding carboxylic acids is 2. The number of halogens is 1. The van der Waals surface area contributed by atoms with Gasteiger partial charge in [-0.05, 0) is 39.2 Å². The van der Waals surface area contributed by atoms with E-state index >= 15 is 0 Å². The maximum atomic E-state index is 12.3. The maximum absolute atomic E-state index is 12.3. The monoisotopic (exact) mass is 415 g/mol. The van der Waals surface area contributed by atoms with Crippen molar-refractivity contribution >= 4 is 28.0 Å². The standard InChI is InChI=1S/C18H26BrNO5/c1-18(2,3)25-16(22)15(10-9-14(21)11-19)20-17(23)24-12-13-7-5-4-6-8-13/h4-8,14-15,21H,9-12H2,1-3H3,(H,20,23)/t14?,15-/m0/s1. The molecule has 0 saturated carbocycles. The number of benzene rings is 1. The molecular weight excluding hydrogens is 390 g/mol. The van der Waals surface area contributed by atoms with Crippen LogP contribution in [0.2, 0.25) is 0 Å². The fourth-order valence-corrected chi connectivity index (χ4v) is 2.29. The quantitative estimate of drug-likeness (QED) is 0.503. The van der Waals surface area contributed by atoms with Gasteiger partial charge in [-0.15, -0.1) is 0 Å². The average Bonchev–Trinajstić information content (AvgIpc) is 2.55. The molecule has 25 heavy (non-hydrogen) atoms. The third-order valence-corrected chi connectivity index (χ3v) is 3.91. The van der Waals surface area contributed by atoms with Gasteiger partial charge in [0.05, 0.1) is 6.10 Å². The van der Waals surface area contributed by atoms with Crippen LogP contribution in [-0.2, 0) is 20.9 Å². The molecule has 0 fully saturated rings. The van der Waals surface area contributed by atoms with E-state index in [0.717, 1.165) is 5.56 Å². The highest BCUT2D eigenvalue weighted by atomic mass is 79.9. The van der Waals surface area contributed by atoms with E-state index in [-0.39, 0.29) is 13.0 Å². The number of rotatable bonds is 8. The van der Waals surface area contributed by atoms with Crippen LogP contribution >= 0.6 is 15.9 Å². The SMILES string of the molecule is CC(C)(C)OC(=O)[C@H](CCC(O)CBr)NC(=O)OCc1ccccc1. The molecule has 0 heterocycles. The number of alkyl carbamates (subject to hydrolysis) is 1. The Morgan fingerprint density at radius 3 is 2.40 bits per heavy atom. The molecule has 0 radical (unpaired) electrons. The van der Waals surface area contributed by atoms with E-state index < -0.39 is 29.8 Å². The first-order valence-corrected chi connectivity index (χ1v) is 9.27. The van der Waals surface area contributed by atoms with Crippen LogP contribution in [0.1, 0.15) is 39.2 Å². The summed E-state index contributed by atoms with van der Waals surface area (Å²) in [6, 6.07) is 8.37. The third kappa shape index (κ3) is 9.45.